The molecule has 0 radical (unpaired) electrons. The van der Waals surface area contributed by atoms with Crippen LogP contribution in [0.4, 0.5) is 20.2 Å². The number of anilines is 1. The fourth-order valence-corrected chi connectivity index (χ4v) is 1.91. The van der Waals surface area contributed by atoms with Crippen LogP contribution in [0.2, 0.25) is 0 Å². The number of nitrogens with one attached hydrogen (secondary N) is 1. The van der Waals surface area contributed by atoms with Crippen molar-refractivity contribution in [1.29, 1.82) is 0 Å². The zero-order chi connectivity index (χ0) is 17.0. The molecular formula is C15H12F2N2O4. The van der Waals surface area contributed by atoms with Crippen molar-refractivity contribution in [3.8, 4) is 0 Å². The second-order valence-electron chi connectivity index (χ2n) is 4.58. The summed E-state index contributed by atoms with van der Waals surface area (Å²) in [4.78, 5) is 21.3. The normalized spacial score (nSPS) is 10.2. The van der Waals surface area contributed by atoms with E-state index >= 15 is 0 Å². The highest BCUT2D eigenvalue weighted by molar-refractivity contribution is 5.90. The van der Waals surface area contributed by atoms with Gasteiger partial charge in [-0.05, 0) is 29.8 Å². The maximum absolute atomic E-state index is 13.7. The molecule has 0 heterocycles. The van der Waals surface area contributed by atoms with Gasteiger partial charge in [0.25, 0.3) is 0 Å². The number of ether oxygens (including phenoxy) is 1. The predicted molar refractivity (Wildman–Crippen MR) is 78.1 cm³/mol. The summed E-state index contributed by atoms with van der Waals surface area (Å²) in [6.45, 7) is 0.0165. The van der Waals surface area contributed by atoms with E-state index in [-0.39, 0.29) is 17.8 Å². The van der Waals surface area contributed by atoms with Gasteiger partial charge in [0.15, 0.2) is 0 Å². The van der Waals surface area contributed by atoms with Crippen molar-refractivity contribution in [2.75, 3.05) is 12.4 Å². The summed E-state index contributed by atoms with van der Waals surface area (Å²) in [5, 5.41) is 13.4. The second kappa shape index (κ2) is 6.82. The van der Waals surface area contributed by atoms with Crippen molar-refractivity contribution in [1.82, 2.24) is 0 Å². The molecule has 0 saturated heterocycles. The van der Waals surface area contributed by atoms with Crippen LogP contribution in [0.25, 0.3) is 0 Å². The van der Waals surface area contributed by atoms with Crippen LogP contribution >= 0.6 is 0 Å². The van der Waals surface area contributed by atoms with Crippen molar-refractivity contribution < 1.29 is 23.2 Å². The van der Waals surface area contributed by atoms with Gasteiger partial charge in [-0.1, -0.05) is 6.07 Å². The van der Waals surface area contributed by atoms with E-state index in [4.69, 9.17) is 0 Å². The highest BCUT2D eigenvalue weighted by Crippen LogP contribution is 2.21. The minimum atomic E-state index is -0.947. The first-order valence-electron chi connectivity index (χ1n) is 6.47. The molecule has 0 amide bonds. The second-order valence-corrected chi connectivity index (χ2v) is 4.58. The van der Waals surface area contributed by atoms with Gasteiger partial charge in [0.05, 0.1) is 23.3 Å². The van der Waals surface area contributed by atoms with E-state index < -0.39 is 28.2 Å². The largest absolute Gasteiger partial charge is 0.465 e. The SMILES string of the molecule is COC(=O)c1ccc(F)c(NCc2ccc(F)c([N+](=O)[O-])c2)c1. The number of carbonyl (C=O) groups excluding carboxylic acids is 1. The lowest BCUT2D eigenvalue weighted by Gasteiger charge is -2.09. The van der Waals surface area contributed by atoms with Gasteiger partial charge in [-0.2, -0.15) is 4.39 Å². The predicted octanol–water partition coefficient (Wildman–Crippen LogP) is 3.27. The Kier molecular flexibility index (Phi) is 4.85. The summed E-state index contributed by atoms with van der Waals surface area (Å²) in [6, 6.07) is 7.01. The van der Waals surface area contributed by atoms with Crippen LogP contribution in [0, 0.1) is 21.7 Å². The Morgan fingerprint density at radius 2 is 1.91 bits per heavy atom. The van der Waals surface area contributed by atoms with E-state index in [1.807, 2.05) is 0 Å². The van der Waals surface area contributed by atoms with Crippen LogP contribution in [0.3, 0.4) is 0 Å². The van der Waals surface area contributed by atoms with Crippen molar-refractivity contribution in [2.24, 2.45) is 0 Å². The number of hydrogen-bond acceptors (Lipinski definition) is 5. The number of benzene rings is 2. The molecule has 8 heteroatoms. The van der Waals surface area contributed by atoms with Gasteiger partial charge in [-0.15, -0.1) is 0 Å². The van der Waals surface area contributed by atoms with Crippen LogP contribution in [-0.2, 0) is 11.3 Å². The van der Waals surface area contributed by atoms with Gasteiger partial charge >= 0.3 is 11.7 Å². The van der Waals surface area contributed by atoms with E-state index in [0.717, 1.165) is 18.2 Å². The van der Waals surface area contributed by atoms with Gasteiger partial charge < -0.3 is 10.1 Å². The van der Waals surface area contributed by atoms with Crippen LogP contribution in [0.1, 0.15) is 15.9 Å². The fraction of sp³-hybridized carbons (Fsp3) is 0.133. The van der Waals surface area contributed by atoms with E-state index in [0.29, 0.717) is 5.56 Å². The molecule has 2 aromatic rings. The quantitative estimate of drug-likeness (QED) is 0.519. The molecule has 1 N–H and O–H groups in total. The van der Waals surface area contributed by atoms with Crippen molar-refractivity contribution in [3.05, 3.63) is 69.3 Å². The third-order valence-corrected chi connectivity index (χ3v) is 3.08. The van der Waals surface area contributed by atoms with E-state index in [1.165, 1.54) is 25.3 Å². The Labute approximate surface area is 129 Å². The van der Waals surface area contributed by atoms with Crippen molar-refractivity contribution in [3.63, 3.8) is 0 Å². The van der Waals surface area contributed by atoms with Gasteiger partial charge in [-0.25, -0.2) is 9.18 Å². The number of nitro groups is 1. The van der Waals surface area contributed by atoms with Crippen molar-refractivity contribution >= 4 is 17.3 Å². The lowest BCUT2D eigenvalue weighted by Crippen LogP contribution is -2.06. The number of halogens is 2. The summed E-state index contributed by atoms with van der Waals surface area (Å²) >= 11 is 0. The Morgan fingerprint density at radius 3 is 2.57 bits per heavy atom. The molecule has 23 heavy (non-hydrogen) atoms. The van der Waals surface area contributed by atoms with E-state index in [2.05, 4.69) is 10.1 Å². The molecule has 0 saturated carbocycles. The molecule has 0 aliphatic heterocycles. The number of hydrogen-bond donors (Lipinski definition) is 1. The topological polar surface area (TPSA) is 81.5 Å². The minimum Gasteiger partial charge on any atom is -0.465 e. The molecular weight excluding hydrogens is 310 g/mol. The van der Waals surface area contributed by atoms with Gasteiger partial charge in [-0.3, -0.25) is 10.1 Å². The summed E-state index contributed by atoms with van der Waals surface area (Å²) in [6.07, 6.45) is 0. The van der Waals surface area contributed by atoms with Gasteiger partial charge in [0.1, 0.15) is 5.82 Å². The molecule has 120 valence electrons. The summed E-state index contributed by atoms with van der Waals surface area (Å²) < 4.78 is 31.5. The van der Waals surface area contributed by atoms with E-state index in [1.54, 1.807) is 0 Å². The van der Waals surface area contributed by atoms with Crippen LogP contribution < -0.4 is 5.32 Å². The summed E-state index contributed by atoms with van der Waals surface area (Å²) in [5.74, 6) is -2.17. The average Bonchev–Trinajstić information content (AvgIpc) is 2.54. The standard InChI is InChI=1S/C15H12F2N2O4/c1-23-15(20)10-3-5-11(16)13(7-10)18-8-9-2-4-12(17)14(6-9)19(21)22/h2-7,18H,8H2,1H3. The Morgan fingerprint density at radius 1 is 1.22 bits per heavy atom. The van der Waals surface area contributed by atoms with Crippen LogP contribution in [0.5, 0.6) is 0 Å². The van der Waals surface area contributed by atoms with E-state index in [9.17, 15) is 23.7 Å². The third kappa shape index (κ3) is 3.79. The number of methoxy groups -OCH3 is 1. The monoisotopic (exact) mass is 322 g/mol. The first-order valence-corrected chi connectivity index (χ1v) is 6.47. The van der Waals surface area contributed by atoms with Gasteiger partial charge in [0.2, 0.25) is 5.82 Å². The fourth-order valence-electron chi connectivity index (χ4n) is 1.91. The zero-order valence-electron chi connectivity index (χ0n) is 12.0. The first kappa shape index (κ1) is 16.3. The lowest BCUT2D eigenvalue weighted by atomic mass is 10.1. The Bertz CT molecular complexity index is 765. The molecule has 0 bridgehead atoms. The minimum absolute atomic E-state index is 0.0165. The third-order valence-electron chi connectivity index (χ3n) is 3.08. The smallest absolute Gasteiger partial charge is 0.337 e. The number of nitrogens with zero attached hydrogens (tertiary/aromatic N) is 1. The number of carbonyl (C=O) groups is 1. The summed E-state index contributed by atoms with van der Waals surface area (Å²) in [5.41, 5.74) is -0.0876. The Hall–Kier alpha value is -3.03. The molecule has 0 spiro atoms. The molecule has 0 unspecified atom stereocenters. The van der Waals surface area contributed by atoms with Gasteiger partial charge in [0, 0.05) is 12.6 Å². The van der Waals surface area contributed by atoms with Crippen molar-refractivity contribution in [2.45, 2.75) is 6.54 Å². The number of esters is 1. The molecule has 0 fully saturated rings. The maximum Gasteiger partial charge on any atom is 0.337 e. The molecule has 0 aliphatic rings. The first-order chi connectivity index (χ1) is 10.9. The highest BCUT2D eigenvalue weighted by Gasteiger charge is 2.15. The molecule has 6 nitrogen and oxygen atoms in total. The Balaban J connectivity index is 2.19. The van der Waals surface area contributed by atoms with Crippen LogP contribution in [0.15, 0.2) is 36.4 Å². The summed E-state index contributed by atoms with van der Waals surface area (Å²) in [7, 11) is 1.20. The number of rotatable bonds is 5. The molecule has 2 aromatic carbocycles. The average molecular weight is 322 g/mol. The maximum atomic E-state index is 13.7. The number of nitro benzene ring substituents is 1. The molecule has 0 aromatic heterocycles. The molecule has 2 rings (SSSR count). The molecule has 0 atom stereocenters. The molecule has 0 aliphatic carbocycles. The highest BCUT2D eigenvalue weighted by atomic mass is 19.1. The zero-order valence-corrected chi connectivity index (χ0v) is 12.0. The lowest BCUT2D eigenvalue weighted by molar-refractivity contribution is -0.387. The van der Waals surface area contributed by atoms with Crippen LogP contribution in [-0.4, -0.2) is 18.0 Å².